The van der Waals surface area contributed by atoms with Crippen molar-refractivity contribution in [3.8, 4) is 11.1 Å². The van der Waals surface area contributed by atoms with Crippen LogP contribution in [-0.4, -0.2) is 6.54 Å². The Bertz CT molecular complexity index is 494. The maximum absolute atomic E-state index is 3.42. The molecule has 0 atom stereocenters. The summed E-state index contributed by atoms with van der Waals surface area (Å²) in [5.74, 6) is 0. The number of fused-ring (bicyclic) bond motifs is 1. The van der Waals surface area contributed by atoms with E-state index in [0.29, 0.717) is 0 Å². The van der Waals surface area contributed by atoms with E-state index >= 15 is 0 Å². The fourth-order valence-electron chi connectivity index (χ4n) is 2.42. The molecule has 0 radical (unpaired) electrons. The van der Waals surface area contributed by atoms with E-state index in [1.165, 1.54) is 22.3 Å². The Morgan fingerprint density at radius 1 is 0.882 bits per heavy atom. The molecule has 0 saturated carbocycles. The highest BCUT2D eigenvalue weighted by Crippen LogP contribution is 2.27. The predicted molar refractivity (Wildman–Crippen MR) is 74.5 cm³/mol. The molecule has 1 N–H and O–H groups in total. The minimum atomic E-state index is 0. The molecule has 1 aliphatic heterocycles. The van der Waals surface area contributed by atoms with Gasteiger partial charge in [0.25, 0.3) is 0 Å². The zero-order valence-electron chi connectivity index (χ0n) is 9.65. The average molecular weight is 246 g/mol. The van der Waals surface area contributed by atoms with Gasteiger partial charge in [0.2, 0.25) is 0 Å². The summed E-state index contributed by atoms with van der Waals surface area (Å²) in [6.07, 6.45) is 1.14. The lowest BCUT2D eigenvalue weighted by Crippen LogP contribution is -2.23. The van der Waals surface area contributed by atoms with Crippen LogP contribution in [0.15, 0.2) is 48.5 Å². The monoisotopic (exact) mass is 245 g/mol. The Morgan fingerprint density at radius 2 is 1.71 bits per heavy atom. The number of hydrogen-bond donors (Lipinski definition) is 1. The van der Waals surface area contributed by atoms with Crippen molar-refractivity contribution in [3.63, 3.8) is 0 Å². The molecule has 0 bridgehead atoms. The lowest BCUT2D eigenvalue weighted by atomic mass is 9.91. The SMILES string of the molecule is Cl.c1ccc(-c2cccc3c2CCNC3)cc1. The first-order valence-corrected chi connectivity index (χ1v) is 5.82. The van der Waals surface area contributed by atoms with Crippen molar-refractivity contribution in [2.45, 2.75) is 13.0 Å². The minimum absolute atomic E-state index is 0. The predicted octanol–water partition coefficient (Wildman–Crippen LogP) is 3.42. The van der Waals surface area contributed by atoms with E-state index < -0.39 is 0 Å². The zero-order chi connectivity index (χ0) is 10.8. The summed E-state index contributed by atoms with van der Waals surface area (Å²) in [7, 11) is 0. The first-order valence-electron chi connectivity index (χ1n) is 5.82. The second-order valence-corrected chi connectivity index (χ2v) is 4.24. The van der Waals surface area contributed by atoms with Crippen LogP contribution in [0.4, 0.5) is 0 Å². The third-order valence-electron chi connectivity index (χ3n) is 3.23. The van der Waals surface area contributed by atoms with Gasteiger partial charge in [0.15, 0.2) is 0 Å². The topological polar surface area (TPSA) is 12.0 Å². The molecular weight excluding hydrogens is 230 g/mol. The Balaban J connectivity index is 0.00000108. The fourth-order valence-corrected chi connectivity index (χ4v) is 2.42. The van der Waals surface area contributed by atoms with Crippen LogP contribution in [0.1, 0.15) is 11.1 Å². The summed E-state index contributed by atoms with van der Waals surface area (Å²) in [6.45, 7) is 2.10. The standard InChI is InChI=1S/C15H15N.ClH/c1-2-5-12(6-3-1)14-8-4-7-13-11-16-10-9-15(13)14;/h1-8,16H,9-11H2;1H. The van der Waals surface area contributed by atoms with Gasteiger partial charge in [-0.2, -0.15) is 0 Å². The molecule has 0 aliphatic carbocycles. The van der Waals surface area contributed by atoms with Crippen LogP contribution in [0, 0.1) is 0 Å². The smallest absolute Gasteiger partial charge is 0.0208 e. The summed E-state index contributed by atoms with van der Waals surface area (Å²) in [5.41, 5.74) is 5.71. The van der Waals surface area contributed by atoms with Crippen LogP contribution in [0.2, 0.25) is 0 Å². The summed E-state index contributed by atoms with van der Waals surface area (Å²) in [5, 5.41) is 3.42. The van der Waals surface area contributed by atoms with E-state index in [0.717, 1.165) is 19.5 Å². The number of hydrogen-bond acceptors (Lipinski definition) is 1. The van der Waals surface area contributed by atoms with Crippen LogP contribution >= 0.6 is 12.4 Å². The third-order valence-corrected chi connectivity index (χ3v) is 3.23. The molecule has 17 heavy (non-hydrogen) atoms. The molecule has 1 nitrogen and oxygen atoms in total. The van der Waals surface area contributed by atoms with E-state index in [-0.39, 0.29) is 12.4 Å². The van der Waals surface area contributed by atoms with Gasteiger partial charge in [-0.3, -0.25) is 0 Å². The van der Waals surface area contributed by atoms with Gasteiger partial charge in [0, 0.05) is 6.54 Å². The molecule has 1 aliphatic rings. The molecular formula is C15H16ClN. The number of nitrogens with one attached hydrogen (secondary N) is 1. The summed E-state index contributed by atoms with van der Waals surface area (Å²) < 4.78 is 0. The Morgan fingerprint density at radius 3 is 2.53 bits per heavy atom. The Labute approximate surface area is 108 Å². The molecule has 0 unspecified atom stereocenters. The highest BCUT2D eigenvalue weighted by molar-refractivity contribution is 5.85. The molecule has 2 heteroatoms. The van der Waals surface area contributed by atoms with E-state index in [1.807, 2.05) is 0 Å². The van der Waals surface area contributed by atoms with E-state index in [2.05, 4.69) is 53.8 Å². The molecule has 0 saturated heterocycles. The van der Waals surface area contributed by atoms with Gasteiger partial charge < -0.3 is 5.32 Å². The van der Waals surface area contributed by atoms with Crippen molar-refractivity contribution in [3.05, 3.63) is 59.7 Å². The quantitative estimate of drug-likeness (QED) is 0.812. The van der Waals surface area contributed by atoms with Crippen LogP contribution in [0.25, 0.3) is 11.1 Å². The molecule has 0 amide bonds. The van der Waals surface area contributed by atoms with Gasteiger partial charge in [-0.1, -0.05) is 48.5 Å². The Hall–Kier alpha value is -1.31. The minimum Gasteiger partial charge on any atom is -0.312 e. The zero-order valence-corrected chi connectivity index (χ0v) is 10.5. The Kier molecular flexibility index (Phi) is 3.82. The molecule has 88 valence electrons. The van der Waals surface area contributed by atoms with Gasteiger partial charge in [0.1, 0.15) is 0 Å². The summed E-state index contributed by atoms with van der Waals surface area (Å²) >= 11 is 0. The van der Waals surface area contributed by atoms with Crippen molar-refractivity contribution >= 4 is 12.4 Å². The lowest BCUT2D eigenvalue weighted by Gasteiger charge is -2.20. The molecule has 0 fully saturated rings. The molecule has 1 heterocycles. The number of halogens is 1. The van der Waals surface area contributed by atoms with Crippen molar-refractivity contribution in [2.24, 2.45) is 0 Å². The first-order chi connectivity index (χ1) is 7.95. The third kappa shape index (κ3) is 2.36. The van der Waals surface area contributed by atoms with Crippen molar-refractivity contribution in [1.82, 2.24) is 5.32 Å². The maximum atomic E-state index is 3.42. The second kappa shape index (κ2) is 5.35. The first kappa shape index (κ1) is 12.2. The van der Waals surface area contributed by atoms with E-state index in [4.69, 9.17) is 0 Å². The molecule has 3 rings (SSSR count). The summed E-state index contributed by atoms with van der Waals surface area (Å²) in [4.78, 5) is 0. The number of benzene rings is 2. The highest BCUT2D eigenvalue weighted by atomic mass is 35.5. The van der Waals surface area contributed by atoms with Crippen LogP contribution < -0.4 is 5.32 Å². The van der Waals surface area contributed by atoms with Gasteiger partial charge in [-0.15, -0.1) is 12.4 Å². The molecule has 2 aromatic carbocycles. The molecule has 0 aromatic heterocycles. The second-order valence-electron chi connectivity index (χ2n) is 4.24. The van der Waals surface area contributed by atoms with Gasteiger partial charge in [-0.05, 0) is 35.2 Å². The van der Waals surface area contributed by atoms with E-state index in [1.54, 1.807) is 0 Å². The van der Waals surface area contributed by atoms with Gasteiger partial charge >= 0.3 is 0 Å². The lowest BCUT2D eigenvalue weighted by molar-refractivity contribution is 0.645. The van der Waals surface area contributed by atoms with Crippen molar-refractivity contribution in [1.29, 1.82) is 0 Å². The molecule has 2 aromatic rings. The normalized spacial score (nSPS) is 13.6. The largest absolute Gasteiger partial charge is 0.312 e. The average Bonchev–Trinajstić information content (AvgIpc) is 2.39. The van der Waals surface area contributed by atoms with Gasteiger partial charge in [0.05, 0.1) is 0 Å². The van der Waals surface area contributed by atoms with Crippen molar-refractivity contribution < 1.29 is 0 Å². The summed E-state index contributed by atoms with van der Waals surface area (Å²) in [6, 6.07) is 17.3. The fraction of sp³-hybridized carbons (Fsp3) is 0.200. The number of rotatable bonds is 1. The van der Waals surface area contributed by atoms with Crippen LogP contribution in [-0.2, 0) is 13.0 Å². The maximum Gasteiger partial charge on any atom is 0.0208 e. The molecule has 0 spiro atoms. The van der Waals surface area contributed by atoms with Crippen molar-refractivity contribution in [2.75, 3.05) is 6.54 Å². The van der Waals surface area contributed by atoms with Crippen LogP contribution in [0.5, 0.6) is 0 Å². The van der Waals surface area contributed by atoms with E-state index in [9.17, 15) is 0 Å². The highest BCUT2D eigenvalue weighted by Gasteiger charge is 2.12. The van der Waals surface area contributed by atoms with Crippen LogP contribution in [0.3, 0.4) is 0 Å². The van der Waals surface area contributed by atoms with Gasteiger partial charge in [-0.25, -0.2) is 0 Å².